The van der Waals surface area contributed by atoms with Crippen LogP contribution in [-0.4, -0.2) is 6.61 Å². The van der Waals surface area contributed by atoms with Crippen molar-refractivity contribution in [3.8, 4) is 6.07 Å². The molecule has 62 valence electrons. The first kappa shape index (κ1) is 8.57. The molecule has 1 aromatic carbocycles. The lowest BCUT2D eigenvalue weighted by atomic mass is 10.2. The third kappa shape index (κ3) is 3.04. The van der Waals surface area contributed by atoms with Gasteiger partial charge in [0.2, 0.25) is 0 Å². The Labute approximate surface area is 71.0 Å². The van der Waals surface area contributed by atoms with E-state index in [1.165, 1.54) is 0 Å². The molecule has 0 radical (unpaired) electrons. The van der Waals surface area contributed by atoms with Crippen molar-refractivity contribution >= 4 is 0 Å². The number of nitrogens with zero attached hydrogens (tertiary/aromatic N) is 1. The monoisotopic (exact) mass is 163 g/mol. The van der Waals surface area contributed by atoms with Crippen LogP contribution < -0.4 is 0 Å². The summed E-state index contributed by atoms with van der Waals surface area (Å²) in [6.07, 6.45) is 0. The maximum atomic E-state index is 9.58. The van der Waals surface area contributed by atoms with Crippen molar-refractivity contribution in [3.63, 3.8) is 0 Å². The molecular weight excluding hydrogens is 154 g/mol. The maximum absolute atomic E-state index is 9.58. The minimum atomic E-state index is 0.151. The van der Waals surface area contributed by atoms with Gasteiger partial charge in [-0.15, -0.1) is 0 Å². The Balaban J connectivity index is 2.27. The van der Waals surface area contributed by atoms with Crippen LogP contribution in [0, 0.1) is 11.3 Å². The van der Waals surface area contributed by atoms with Gasteiger partial charge >= 0.3 is 6.07 Å². The zero-order valence-electron chi connectivity index (χ0n) is 6.56. The molecule has 3 nitrogen and oxygen atoms in total. The largest absolute Gasteiger partial charge is 0.498 e. The molecule has 0 aliphatic rings. The predicted octanol–water partition coefficient (Wildman–Crippen LogP) is 2.03. The molecule has 0 aromatic heterocycles. The van der Waals surface area contributed by atoms with Crippen LogP contribution in [0.4, 0.5) is 0 Å². The maximum Gasteiger partial charge on any atom is 0.326 e. The van der Waals surface area contributed by atoms with Gasteiger partial charge in [0.15, 0.2) is 6.61 Å². The number of hydrogen-bond donors (Lipinski definition) is 0. The van der Waals surface area contributed by atoms with Crippen LogP contribution in [0.1, 0.15) is 5.56 Å². The van der Waals surface area contributed by atoms with Gasteiger partial charge in [0.1, 0.15) is 0 Å². The van der Waals surface area contributed by atoms with Gasteiger partial charge in [0.25, 0.3) is 0 Å². The molecule has 1 rings (SSSR count). The second-order valence-electron chi connectivity index (χ2n) is 2.23. The summed E-state index contributed by atoms with van der Waals surface area (Å²) in [6, 6.07) is 11.9. The Hall–Kier alpha value is -1.53. The van der Waals surface area contributed by atoms with E-state index in [1.807, 2.05) is 30.3 Å². The van der Waals surface area contributed by atoms with E-state index >= 15 is 0 Å². The lowest BCUT2D eigenvalue weighted by Crippen LogP contribution is -1.91. The van der Waals surface area contributed by atoms with E-state index in [1.54, 1.807) is 0 Å². The Morgan fingerprint density at radius 3 is 2.75 bits per heavy atom. The molecule has 0 amide bonds. The van der Waals surface area contributed by atoms with Crippen LogP contribution in [0.25, 0.3) is 5.01 Å². The first-order chi connectivity index (χ1) is 5.93. The average molecular weight is 163 g/mol. The predicted molar refractivity (Wildman–Crippen MR) is 46.7 cm³/mol. The fourth-order valence-corrected chi connectivity index (χ4v) is 0.815. The first-order valence-electron chi connectivity index (χ1n) is 3.60. The van der Waals surface area contributed by atoms with Crippen LogP contribution in [0.5, 0.6) is 0 Å². The van der Waals surface area contributed by atoms with E-state index in [0.29, 0.717) is 6.61 Å². The van der Waals surface area contributed by atoms with Crippen molar-refractivity contribution in [2.24, 2.45) is 0 Å². The fourth-order valence-electron chi connectivity index (χ4n) is 0.815. The number of rotatable bonds is 3. The Bertz CT molecular complexity index is 274. The molecule has 0 saturated heterocycles. The van der Waals surface area contributed by atoms with E-state index in [-0.39, 0.29) is 6.61 Å². The molecule has 0 N–H and O–H groups in total. The van der Waals surface area contributed by atoms with Crippen LogP contribution in [0.15, 0.2) is 30.3 Å². The van der Waals surface area contributed by atoms with Gasteiger partial charge in [-0.25, -0.2) is 0 Å². The van der Waals surface area contributed by atoms with Gasteiger partial charge < -0.3 is 9.94 Å². The smallest absolute Gasteiger partial charge is 0.326 e. The second-order valence-corrected chi connectivity index (χ2v) is 2.23. The molecule has 3 heteroatoms. The number of ether oxygens (including phenoxy) is 1. The summed E-state index contributed by atoms with van der Waals surface area (Å²) in [5.41, 5.74) is 1.07. The van der Waals surface area contributed by atoms with Crippen molar-refractivity contribution in [2.45, 2.75) is 6.61 Å². The standard InChI is InChI=1S/C9H9NO2/c11-10-6-7-12-8-9-4-2-1-3-5-9/h1-5H,7-8H2. The van der Waals surface area contributed by atoms with E-state index in [9.17, 15) is 5.21 Å². The van der Waals surface area contributed by atoms with E-state index in [0.717, 1.165) is 5.56 Å². The van der Waals surface area contributed by atoms with Crippen LogP contribution in [0.3, 0.4) is 0 Å². The molecule has 0 saturated carbocycles. The summed E-state index contributed by atoms with van der Waals surface area (Å²) in [7, 11) is 0. The quantitative estimate of drug-likeness (QED) is 0.505. The van der Waals surface area contributed by atoms with Gasteiger partial charge in [-0.3, -0.25) is 0 Å². The molecule has 0 heterocycles. The minimum absolute atomic E-state index is 0.151. The number of benzene rings is 1. The molecule has 0 bridgehead atoms. The molecular formula is C9H9NO2. The fraction of sp³-hybridized carbons (Fsp3) is 0.222. The van der Waals surface area contributed by atoms with Gasteiger partial charge in [0, 0.05) is 5.01 Å². The van der Waals surface area contributed by atoms with Crippen LogP contribution in [0.2, 0.25) is 0 Å². The third-order valence-electron chi connectivity index (χ3n) is 1.34. The molecule has 0 unspecified atom stereocenters. The summed E-state index contributed by atoms with van der Waals surface area (Å²) in [4.78, 5) is 0. The summed E-state index contributed by atoms with van der Waals surface area (Å²) in [6.45, 7) is 0.641. The van der Waals surface area contributed by atoms with Gasteiger partial charge in [-0.05, 0) is 5.56 Å². The molecule has 0 aliphatic carbocycles. The lowest BCUT2D eigenvalue weighted by Gasteiger charge is -1.96. The van der Waals surface area contributed by atoms with Gasteiger partial charge in [-0.2, -0.15) is 0 Å². The van der Waals surface area contributed by atoms with Crippen molar-refractivity contribution in [1.29, 1.82) is 0 Å². The molecule has 0 spiro atoms. The SMILES string of the molecule is [O-][N+]#CCOCc1ccccc1. The minimum Gasteiger partial charge on any atom is -0.498 e. The first-order valence-corrected chi connectivity index (χ1v) is 3.60. The van der Waals surface area contributed by atoms with Crippen molar-refractivity contribution < 1.29 is 4.74 Å². The van der Waals surface area contributed by atoms with Crippen molar-refractivity contribution in [1.82, 2.24) is 0 Å². The summed E-state index contributed by atoms with van der Waals surface area (Å²) >= 11 is 0. The van der Waals surface area contributed by atoms with E-state index in [4.69, 9.17) is 4.74 Å². The Morgan fingerprint density at radius 2 is 2.08 bits per heavy atom. The molecule has 12 heavy (non-hydrogen) atoms. The summed E-state index contributed by atoms with van der Waals surface area (Å²) < 4.78 is 5.06. The zero-order chi connectivity index (χ0) is 8.65. The lowest BCUT2D eigenvalue weighted by molar-refractivity contribution is 0.153. The van der Waals surface area contributed by atoms with Gasteiger partial charge in [-0.1, -0.05) is 30.3 Å². The van der Waals surface area contributed by atoms with E-state index in [2.05, 4.69) is 11.1 Å². The second kappa shape index (κ2) is 5.16. The highest BCUT2D eigenvalue weighted by Gasteiger charge is 1.90. The van der Waals surface area contributed by atoms with Crippen molar-refractivity contribution in [2.75, 3.05) is 6.61 Å². The molecule has 0 fully saturated rings. The Morgan fingerprint density at radius 1 is 1.33 bits per heavy atom. The molecule has 0 atom stereocenters. The third-order valence-corrected chi connectivity index (χ3v) is 1.34. The highest BCUT2D eigenvalue weighted by molar-refractivity contribution is 5.13. The van der Waals surface area contributed by atoms with Crippen LogP contribution >= 0.6 is 0 Å². The van der Waals surface area contributed by atoms with Crippen molar-refractivity contribution in [3.05, 3.63) is 46.1 Å². The van der Waals surface area contributed by atoms with Gasteiger partial charge in [0.05, 0.1) is 6.61 Å². The summed E-state index contributed by atoms with van der Waals surface area (Å²) in [5.74, 6) is 0. The highest BCUT2D eigenvalue weighted by Crippen LogP contribution is 1.99. The van der Waals surface area contributed by atoms with E-state index < -0.39 is 0 Å². The number of hydrogen-bond acceptors (Lipinski definition) is 2. The molecule has 0 aliphatic heterocycles. The highest BCUT2D eigenvalue weighted by atomic mass is 16.5. The average Bonchev–Trinajstić information content (AvgIpc) is 2.14. The van der Waals surface area contributed by atoms with Crippen LogP contribution in [-0.2, 0) is 11.3 Å². The Kier molecular flexibility index (Phi) is 3.69. The zero-order valence-corrected chi connectivity index (χ0v) is 6.56. The normalized spacial score (nSPS) is 8.67. The summed E-state index contributed by atoms with van der Waals surface area (Å²) in [5, 5.41) is 12.0. The topological polar surface area (TPSA) is 36.6 Å². The molecule has 1 aromatic rings.